The summed E-state index contributed by atoms with van der Waals surface area (Å²) in [6.07, 6.45) is 1.39. The molecule has 18 heavy (non-hydrogen) atoms. The highest BCUT2D eigenvalue weighted by atomic mass is 16.4. The highest BCUT2D eigenvalue weighted by molar-refractivity contribution is 5.66. The third-order valence-corrected chi connectivity index (χ3v) is 3.09. The zero-order valence-corrected chi connectivity index (χ0v) is 10.1. The molecule has 0 radical (unpaired) electrons. The molecule has 1 unspecified atom stereocenters. The summed E-state index contributed by atoms with van der Waals surface area (Å²) in [6.45, 7) is 2.82. The van der Waals surface area contributed by atoms with E-state index >= 15 is 0 Å². The van der Waals surface area contributed by atoms with Crippen molar-refractivity contribution in [2.75, 3.05) is 18.4 Å². The number of rotatable bonds is 2. The normalized spacial score (nSPS) is 22.6. The van der Waals surface area contributed by atoms with E-state index in [1.165, 1.54) is 4.90 Å². The number of aromatic nitrogens is 1. The van der Waals surface area contributed by atoms with Gasteiger partial charge in [-0.05, 0) is 25.5 Å². The van der Waals surface area contributed by atoms with Crippen LogP contribution in [0, 0.1) is 11.3 Å². The van der Waals surface area contributed by atoms with Crippen molar-refractivity contribution < 1.29 is 9.90 Å². The number of carboxylic acid groups (broad SMARTS) is 1. The second kappa shape index (κ2) is 4.53. The number of anilines is 1. The average molecular weight is 246 g/mol. The lowest BCUT2D eigenvalue weighted by Gasteiger charge is -2.26. The lowest BCUT2D eigenvalue weighted by Crippen LogP contribution is -2.39. The van der Waals surface area contributed by atoms with Crippen LogP contribution in [-0.4, -0.2) is 39.7 Å². The molecule has 0 saturated carbocycles. The first-order valence-electron chi connectivity index (χ1n) is 5.65. The predicted molar refractivity (Wildman–Crippen MR) is 65.2 cm³/mol. The molecule has 2 heterocycles. The van der Waals surface area contributed by atoms with Crippen LogP contribution in [0.1, 0.15) is 18.9 Å². The number of nitrogens with zero attached hydrogens (tertiary/aromatic N) is 3. The molecule has 1 saturated heterocycles. The lowest BCUT2D eigenvalue weighted by atomic mass is 10.0. The Morgan fingerprint density at radius 3 is 3.11 bits per heavy atom. The topological polar surface area (TPSA) is 89.3 Å². The SMILES string of the molecule is CC1(Nc2ncccc2C#N)CCN(C(=O)O)C1. The Kier molecular flexibility index (Phi) is 3.06. The van der Waals surface area contributed by atoms with Crippen LogP contribution >= 0.6 is 0 Å². The van der Waals surface area contributed by atoms with Gasteiger partial charge in [0.05, 0.1) is 11.1 Å². The van der Waals surface area contributed by atoms with Crippen molar-refractivity contribution in [2.24, 2.45) is 0 Å². The Labute approximate surface area is 105 Å². The summed E-state index contributed by atoms with van der Waals surface area (Å²) in [5.74, 6) is 0.509. The summed E-state index contributed by atoms with van der Waals surface area (Å²) in [5.41, 5.74) is 0.0886. The van der Waals surface area contributed by atoms with Gasteiger partial charge in [0, 0.05) is 19.3 Å². The van der Waals surface area contributed by atoms with Gasteiger partial charge in [0.1, 0.15) is 11.9 Å². The van der Waals surface area contributed by atoms with E-state index in [2.05, 4.69) is 16.4 Å². The van der Waals surface area contributed by atoms with E-state index in [4.69, 9.17) is 10.4 Å². The van der Waals surface area contributed by atoms with E-state index in [0.29, 0.717) is 30.9 Å². The molecule has 1 aromatic rings. The number of nitrogens with one attached hydrogen (secondary N) is 1. The van der Waals surface area contributed by atoms with Gasteiger partial charge in [-0.3, -0.25) is 0 Å². The molecule has 94 valence electrons. The molecule has 0 spiro atoms. The van der Waals surface area contributed by atoms with Gasteiger partial charge in [-0.25, -0.2) is 9.78 Å². The van der Waals surface area contributed by atoms with Crippen molar-refractivity contribution in [2.45, 2.75) is 18.9 Å². The van der Waals surface area contributed by atoms with Crippen LogP contribution in [-0.2, 0) is 0 Å². The van der Waals surface area contributed by atoms with Crippen LogP contribution in [0.2, 0.25) is 0 Å². The molecule has 0 aliphatic carbocycles. The van der Waals surface area contributed by atoms with Crippen molar-refractivity contribution in [1.29, 1.82) is 5.26 Å². The molecule has 1 aliphatic heterocycles. The van der Waals surface area contributed by atoms with E-state index < -0.39 is 6.09 Å². The van der Waals surface area contributed by atoms with E-state index in [0.717, 1.165) is 0 Å². The second-order valence-electron chi connectivity index (χ2n) is 4.65. The third-order valence-electron chi connectivity index (χ3n) is 3.09. The second-order valence-corrected chi connectivity index (χ2v) is 4.65. The maximum atomic E-state index is 10.9. The predicted octanol–water partition coefficient (Wildman–Crippen LogP) is 1.51. The summed E-state index contributed by atoms with van der Waals surface area (Å²) in [7, 11) is 0. The molecule has 0 bridgehead atoms. The number of carbonyl (C=O) groups is 1. The molecule has 2 rings (SSSR count). The molecular weight excluding hydrogens is 232 g/mol. The zero-order chi connectivity index (χ0) is 13.2. The highest BCUT2D eigenvalue weighted by Crippen LogP contribution is 2.26. The van der Waals surface area contributed by atoms with Gasteiger partial charge < -0.3 is 15.3 Å². The van der Waals surface area contributed by atoms with Crippen LogP contribution < -0.4 is 5.32 Å². The molecular formula is C12H14N4O2. The summed E-state index contributed by atoms with van der Waals surface area (Å²) in [5, 5.41) is 21.1. The highest BCUT2D eigenvalue weighted by Gasteiger charge is 2.36. The quantitative estimate of drug-likeness (QED) is 0.825. The van der Waals surface area contributed by atoms with Crippen molar-refractivity contribution in [3.8, 4) is 6.07 Å². The van der Waals surface area contributed by atoms with Crippen molar-refractivity contribution in [3.63, 3.8) is 0 Å². The van der Waals surface area contributed by atoms with Gasteiger partial charge in [0.25, 0.3) is 0 Å². The molecule has 6 heteroatoms. The van der Waals surface area contributed by atoms with Gasteiger partial charge in [-0.2, -0.15) is 5.26 Å². The van der Waals surface area contributed by atoms with Crippen LogP contribution in [0.15, 0.2) is 18.3 Å². The molecule has 1 atom stereocenters. The van der Waals surface area contributed by atoms with Gasteiger partial charge in [0.15, 0.2) is 0 Å². The van der Waals surface area contributed by atoms with Crippen LogP contribution in [0.3, 0.4) is 0 Å². The van der Waals surface area contributed by atoms with Crippen molar-refractivity contribution >= 4 is 11.9 Å². The number of nitriles is 1. The summed E-state index contributed by atoms with van der Waals surface area (Å²) in [4.78, 5) is 16.4. The molecule has 1 aliphatic rings. The number of hydrogen-bond acceptors (Lipinski definition) is 4. The molecule has 1 aromatic heterocycles. The maximum Gasteiger partial charge on any atom is 0.407 e. The minimum absolute atomic E-state index is 0.377. The van der Waals surface area contributed by atoms with E-state index in [9.17, 15) is 4.79 Å². The molecule has 1 amide bonds. The molecule has 6 nitrogen and oxygen atoms in total. The van der Waals surface area contributed by atoms with Gasteiger partial charge >= 0.3 is 6.09 Å². The fraction of sp³-hybridized carbons (Fsp3) is 0.417. The fourth-order valence-corrected chi connectivity index (χ4v) is 2.11. The summed E-state index contributed by atoms with van der Waals surface area (Å²) >= 11 is 0. The first kappa shape index (κ1) is 12.2. The van der Waals surface area contributed by atoms with Crippen LogP contribution in [0.5, 0.6) is 0 Å². The smallest absolute Gasteiger partial charge is 0.407 e. The first-order valence-corrected chi connectivity index (χ1v) is 5.65. The lowest BCUT2D eigenvalue weighted by molar-refractivity contribution is 0.154. The summed E-state index contributed by atoms with van der Waals surface area (Å²) < 4.78 is 0. The van der Waals surface area contributed by atoms with Crippen molar-refractivity contribution in [3.05, 3.63) is 23.9 Å². The first-order chi connectivity index (χ1) is 8.54. The molecule has 0 aromatic carbocycles. The Hall–Kier alpha value is -2.29. The number of pyridine rings is 1. The Balaban J connectivity index is 2.15. The molecule has 2 N–H and O–H groups in total. The average Bonchev–Trinajstić information content (AvgIpc) is 2.72. The monoisotopic (exact) mass is 246 g/mol. The zero-order valence-electron chi connectivity index (χ0n) is 10.1. The summed E-state index contributed by atoms with van der Waals surface area (Å²) in [6, 6.07) is 5.45. The maximum absolute atomic E-state index is 10.9. The van der Waals surface area contributed by atoms with E-state index in [1.807, 2.05) is 6.92 Å². The third kappa shape index (κ3) is 2.35. The number of likely N-dealkylation sites (tertiary alicyclic amines) is 1. The van der Waals surface area contributed by atoms with Crippen LogP contribution in [0.4, 0.5) is 10.6 Å². The Morgan fingerprint density at radius 2 is 2.50 bits per heavy atom. The van der Waals surface area contributed by atoms with Gasteiger partial charge in [0.2, 0.25) is 0 Å². The fourth-order valence-electron chi connectivity index (χ4n) is 2.11. The van der Waals surface area contributed by atoms with E-state index in [1.54, 1.807) is 18.3 Å². The molecule has 1 fully saturated rings. The Bertz CT molecular complexity index is 511. The number of hydrogen-bond donors (Lipinski definition) is 2. The van der Waals surface area contributed by atoms with E-state index in [-0.39, 0.29) is 5.54 Å². The largest absolute Gasteiger partial charge is 0.465 e. The standard InChI is InChI=1S/C12H14N4O2/c1-12(4-6-16(8-12)11(17)18)15-10-9(7-13)3-2-5-14-10/h2-3,5H,4,6,8H2,1H3,(H,14,15)(H,17,18). The number of amides is 1. The minimum Gasteiger partial charge on any atom is -0.465 e. The Morgan fingerprint density at radius 1 is 1.72 bits per heavy atom. The van der Waals surface area contributed by atoms with Crippen LogP contribution in [0.25, 0.3) is 0 Å². The van der Waals surface area contributed by atoms with Crippen molar-refractivity contribution in [1.82, 2.24) is 9.88 Å². The van der Waals surface area contributed by atoms with Gasteiger partial charge in [-0.1, -0.05) is 0 Å². The minimum atomic E-state index is -0.915. The van der Waals surface area contributed by atoms with Gasteiger partial charge in [-0.15, -0.1) is 0 Å².